The van der Waals surface area contributed by atoms with Crippen molar-refractivity contribution in [1.82, 2.24) is 10.6 Å². The van der Waals surface area contributed by atoms with E-state index in [2.05, 4.69) is 34.9 Å². The molecule has 3 atom stereocenters. The van der Waals surface area contributed by atoms with Gasteiger partial charge in [-0.2, -0.15) is 0 Å². The monoisotopic (exact) mass is 480 g/mol. The van der Waals surface area contributed by atoms with E-state index in [1.165, 1.54) is 7.11 Å². The van der Waals surface area contributed by atoms with Gasteiger partial charge in [0.1, 0.15) is 6.61 Å². The van der Waals surface area contributed by atoms with Gasteiger partial charge >= 0.3 is 12.1 Å². The second-order valence-electron chi connectivity index (χ2n) is 9.13. The number of benzene rings is 2. The van der Waals surface area contributed by atoms with Crippen LogP contribution in [0.3, 0.4) is 0 Å². The van der Waals surface area contributed by atoms with Crippen LogP contribution in [0.2, 0.25) is 0 Å². The van der Waals surface area contributed by atoms with Crippen LogP contribution in [-0.2, 0) is 19.1 Å². The van der Waals surface area contributed by atoms with Crippen LogP contribution in [0.1, 0.15) is 49.1 Å². The summed E-state index contributed by atoms with van der Waals surface area (Å²) in [5.41, 5.74) is 4.60. The maximum atomic E-state index is 12.9. The van der Waals surface area contributed by atoms with E-state index < -0.39 is 24.1 Å². The Labute approximate surface area is 205 Å². The van der Waals surface area contributed by atoms with Crippen molar-refractivity contribution in [3.8, 4) is 11.1 Å². The molecule has 2 amide bonds. The van der Waals surface area contributed by atoms with Gasteiger partial charge in [0, 0.05) is 19.1 Å². The summed E-state index contributed by atoms with van der Waals surface area (Å²) in [6, 6.07) is 15.9. The summed E-state index contributed by atoms with van der Waals surface area (Å²) in [5, 5.41) is 14.7. The number of fused-ring (bicyclic) bond motifs is 3. The zero-order chi connectivity index (χ0) is 24.8. The number of carbonyl (C=O) groups is 3. The quantitative estimate of drug-likeness (QED) is 0.497. The van der Waals surface area contributed by atoms with Crippen LogP contribution in [0, 0.1) is 5.92 Å². The Morgan fingerprint density at radius 1 is 0.971 bits per heavy atom. The van der Waals surface area contributed by atoms with Crippen LogP contribution in [0.4, 0.5) is 4.79 Å². The Balaban J connectivity index is 1.38. The Kier molecular flexibility index (Phi) is 8.02. The second-order valence-corrected chi connectivity index (χ2v) is 9.13. The van der Waals surface area contributed by atoms with Gasteiger partial charge in [0.25, 0.3) is 0 Å². The van der Waals surface area contributed by atoms with E-state index in [9.17, 15) is 14.4 Å². The molecule has 0 radical (unpaired) electrons. The Morgan fingerprint density at radius 3 is 2.23 bits per heavy atom. The molecule has 8 heteroatoms. The van der Waals surface area contributed by atoms with Gasteiger partial charge in [-0.05, 0) is 35.1 Å². The van der Waals surface area contributed by atoms with E-state index in [0.717, 1.165) is 41.5 Å². The van der Waals surface area contributed by atoms with Crippen molar-refractivity contribution >= 4 is 18.0 Å². The lowest BCUT2D eigenvalue weighted by Crippen LogP contribution is -2.48. The van der Waals surface area contributed by atoms with Crippen molar-refractivity contribution in [2.75, 3.05) is 20.3 Å². The van der Waals surface area contributed by atoms with Gasteiger partial charge in [0.15, 0.2) is 6.10 Å². The molecule has 0 aliphatic heterocycles. The fraction of sp³-hybridized carbons (Fsp3) is 0.444. The molecule has 0 spiro atoms. The molecule has 0 saturated heterocycles. The molecule has 2 aliphatic rings. The van der Waals surface area contributed by atoms with Crippen molar-refractivity contribution in [2.24, 2.45) is 5.92 Å². The number of rotatable bonds is 8. The van der Waals surface area contributed by atoms with E-state index >= 15 is 0 Å². The summed E-state index contributed by atoms with van der Waals surface area (Å²) in [5.74, 6) is -1.91. The van der Waals surface area contributed by atoms with Gasteiger partial charge in [-0.25, -0.2) is 9.59 Å². The van der Waals surface area contributed by atoms with Crippen molar-refractivity contribution in [3.63, 3.8) is 0 Å². The molecule has 3 N–H and O–H groups in total. The summed E-state index contributed by atoms with van der Waals surface area (Å²) in [7, 11) is 1.29. The number of carboxylic acids is 1. The summed E-state index contributed by atoms with van der Waals surface area (Å²) in [4.78, 5) is 36.9. The lowest BCUT2D eigenvalue weighted by molar-refractivity contribution is -0.148. The third-order valence-corrected chi connectivity index (χ3v) is 7.02. The topological polar surface area (TPSA) is 114 Å². The first-order chi connectivity index (χ1) is 17.0. The van der Waals surface area contributed by atoms with E-state index in [-0.39, 0.29) is 31.0 Å². The summed E-state index contributed by atoms with van der Waals surface area (Å²) < 4.78 is 10.6. The van der Waals surface area contributed by atoms with Gasteiger partial charge in [0.05, 0.1) is 12.5 Å². The highest BCUT2D eigenvalue weighted by Crippen LogP contribution is 2.44. The standard InChI is InChI=1S/C27H32N2O6/c1-34-24(26(31)32)15-28-25(30)21-13-3-2-4-14-23(21)29-27(33)35-16-22-19-11-7-5-9-17(19)18-10-6-8-12-20(18)22/h5-12,21-24H,2-4,13-16H2,1H3,(H,28,30)(H,29,33)(H,31,32). The molecule has 2 aromatic rings. The Morgan fingerprint density at radius 2 is 1.60 bits per heavy atom. The molecule has 1 saturated carbocycles. The molecule has 2 aliphatic carbocycles. The molecule has 0 bridgehead atoms. The maximum Gasteiger partial charge on any atom is 0.407 e. The third-order valence-electron chi connectivity index (χ3n) is 7.02. The highest BCUT2D eigenvalue weighted by atomic mass is 16.5. The fourth-order valence-corrected chi connectivity index (χ4v) is 5.18. The number of carbonyl (C=O) groups excluding carboxylic acids is 2. The number of hydrogen-bond donors (Lipinski definition) is 3. The minimum Gasteiger partial charge on any atom is -0.479 e. The second kappa shape index (κ2) is 11.4. The molecule has 8 nitrogen and oxygen atoms in total. The highest BCUT2D eigenvalue weighted by Gasteiger charge is 2.33. The largest absolute Gasteiger partial charge is 0.479 e. The van der Waals surface area contributed by atoms with Gasteiger partial charge in [-0.15, -0.1) is 0 Å². The number of amides is 2. The van der Waals surface area contributed by atoms with Gasteiger partial charge in [-0.3, -0.25) is 4.79 Å². The average Bonchev–Trinajstić information content (AvgIpc) is 2.99. The molecule has 0 aromatic heterocycles. The first kappa shape index (κ1) is 24.7. The lowest BCUT2D eigenvalue weighted by Gasteiger charge is -2.26. The van der Waals surface area contributed by atoms with Crippen LogP contribution < -0.4 is 10.6 Å². The van der Waals surface area contributed by atoms with E-state index in [1.807, 2.05) is 24.3 Å². The van der Waals surface area contributed by atoms with E-state index in [1.54, 1.807) is 0 Å². The zero-order valence-electron chi connectivity index (χ0n) is 19.9. The maximum absolute atomic E-state index is 12.9. The van der Waals surface area contributed by atoms with Crippen molar-refractivity contribution in [2.45, 2.75) is 50.2 Å². The van der Waals surface area contributed by atoms with Crippen molar-refractivity contribution in [3.05, 3.63) is 59.7 Å². The number of methoxy groups -OCH3 is 1. The van der Waals surface area contributed by atoms with Gasteiger partial charge in [0.2, 0.25) is 5.91 Å². The van der Waals surface area contributed by atoms with Crippen LogP contribution in [0.5, 0.6) is 0 Å². The number of nitrogens with one attached hydrogen (secondary N) is 2. The summed E-state index contributed by atoms with van der Waals surface area (Å²) in [6.07, 6.45) is 2.36. The number of hydrogen-bond acceptors (Lipinski definition) is 5. The number of aliphatic carboxylic acids is 1. The third kappa shape index (κ3) is 5.65. The number of ether oxygens (including phenoxy) is 2. The summed E-state index contributed by atoms with van der Waals surface area (Å²) in [6.45, 7) is 0.0798. The van der Waals surface area contributed by atoms with Crippen LogP contribution in [0.25, 0.3) is 11.1 Å². The zero-order valence-corrected chi connectivity index (χ0v) is 19.9. The van der Waals surface area contributed by atoms with E-state index in [4.69, 9.17) is 14.6 Å². The SMILES string of the molecule is COC(CNC(=O)C1CCCCCC1NC(=O)OCC1c2ccccc2-c2ccccc21)C(=O)O. The van der Waals surface area contributed by atoms with Crippen molar-refractivity contribution < 1.29 is 29.0 Å². The minimum atomic E-state index is -1.14. The molecule has 35 heavy (non-hydrogen) atoms. The predicted molar refractivity (Wildman–Crippen MR) is 130 cm³/mol. The molecule has 186 valence electrons. The molecular weight excluding hydrogens is 448 g/mol. The Hall–Kier alpha value is -3.39. The number of carboxylic acid groups (broad SMARTS) is 1. The van der Waals surface area contributed by atoms with Gasteiger partial charge in [-0.1, -0.05) is 67.8 Å². The fourth-order valence-electron chi connectivity index (χ4n) is 5.18. The first-order valence-electron chi connectivity index (χ1n) is 12.1. The first-order valence-corrected chi connectivity index (χ1v) is 12.1. The molecule has 1 fully saturated rings. The Bertz CT molecular complexity index is 1030. The normalized spacial score (nSPS) is 20.1. The molecular formula is C27H32N2O6. The highest BCUT2D eigenvalue weighted by molar-refractivity contribution is 5.82. The predicted octanol–water partition coefficient (Wildman–Crippen LogP) is 3.69. The van der Waals surface area contributed by atoms with Crippen LogP contribution in [-0.4, -0.2) is 55.5 Å². The van der Waals surface area contributed by atoms with Gasteiger partial charge < -0.3 is 25.2 Å². The van der Waals surface area contributed by atoms with Crippen molar-refractivity contribution in [1.29, 1.82) is 0 Å². The van der Waals surface area contributed by atoms with E-state index in [0.29, 0.717) is 12.8 Å². The molecule has 0 heterocycles. The summed E-state index contributed by atoms with van der Waals surface area (Å²) >= 11 is 0. The molecule has 4 rings (SSSR count). The molecule has 3 unspecified atom stereocenters. The minimum absolute atomic E-state index is 0.0385. The van der Waals surface area contributed by atoms with Crippen LogP contribution in [0.15, 0.2) is 48.5 Å². The smallest absolute Gasteiger partial charge is 0.407 e. The molecule has 2 aromatic carbocycles. The lowest BCUT2D eigenvalue weighted by atomic mass is 9.93. The van der Waals surface area contributed by atoms with Crippen LogP contribution >= 0.6 is 0 Å². The number of alkyl carbamates (subject to hydrolysis) is 1. The average molecular weight is 481 g/mol.